The molecule has 1 aliphatic heterocycles. The van der Waals surface area contributed by atoms with Crippen molar-refractivity contribution in [3.8, 4) is 11.1 Å². The van der Waals surface area contributed by atoms with Crippen LogP contribution >= 0.6 is 0 Å². The summed E-state index contributed by atoms with van der Waals surface area (Å²) in [6.07, 6.45) is 2.23. The molecule has 0 spiro atoms. The van der Waals surface area contributed by atoms with Crippen molar-refractivity contribution in [3.63, 3.8) is 0 Å². The molecule has 4 rings (SSSR count). The molecule has 1 fully saturated rings. The number of carbonyl (C=O) groups excluding carboxylic acids is 4. The van der Waals surface area contributed by atoms with Gasteiger partial charge in [0.2, 0.25) is 12.3 Å². The van der Waals surface area contributed by atoms with E-state index in [1.165, 1.54) is 0 Å². The minimum atomic E-state index is -0.551. The highest BCUT2D eigenvalue weighted by Gasteiger charge is 2.30. The number of carbonyl (C=O) groups is 4. The second-order valence-electron chi connectivity index (χ2n) is 11.9. The number of aryl methyl sites for hydroxylation is 1. The third-order valence-electron chi connectivity index (χ3n) is 7.43. The van der Waals surface area contributed by atoms with E-state index in [1.54, 1.807) is 9.80 Å². The quantitative estimate of drug-likeness (QED) is 0.248. The number of anilines is 1. The van der Waals surface area contributed by atoms with Crippen molar-refractivity contribution >= 4 is 41.2 Å². The van der Waals surface area contributed by atoms with Gasteiger partial charge in [-0.15, -0.1) is 0 Å². The minimum Gasteiger partial charge on any atom is -0.444 e. The van der Waals surface area contributed by atoms with Crippen molar-refractivity contribution < 1.29 is 23.9 Å². The Morgan fingerprint density at radius 1 is 1.05 bits per heavy atom. The van der Waals surface area contributed by atoms with Crippen molar-refractivity contribution in [2.45, 2.75) is 52.7 Å². The van der Waals surface area contributed by atoms with Gasteiger partial charge in [0.25, 0.3) is 0 Å². The van der Waals surface area contributed by atoms with Crippen LogP contribution in [0.3, 0.4) is 0 Å². The van der Waals surface area contributed by atoms with E-state index < -0.39 is 5.60 Å². The summed E-state index contributed by atoms with van der Waals surface area (Å²) in [6.45, 7) is 12.7. The van der Waals surface area contributed by atoms with Crippen molar-refractivity contribution in [1.29, 1.82) is 0 Å². The standard InChI is InChI=1S/C34H39N3O5/c1-23(21-38)19-36(22-39)20-31-24(2)9-10-25-11-12-28(18-30(25)31)27-7-6-8-29(17-27)35-32(40)26-13-15-37(16-14-26)33(41)42-34(3,4)5/h6-12,17-18,21-22,26H,1,13-16,19-20H2,2-5H3,(H,35,40). The van der Waals surface area contributed by atoms with Crippen LogP contribution in [0, 0.1) is 12.8 Å². The zero-order chi connectivity index (χ0) is 30.4. The van der Waals surface area contributed by atoms with E-state index in [1.807, 2.05) is 70.2 Å². The maximum absolute atomic E-state index is 13.1. The molecule has 1 aliphatic rings. The zero-order valence-electron chi connectivity index (χ0n) is 24.8. The first-order chi connectivity index (χ1) is 20.0. The molecule has 0 atom stereocenters. The summed E-state index contributed by atoms with van der Waals surface area (Å²) in [5, 5.41) is 5.12. The number of aldehydes is 1. The number of likely N-dealkylation sites (tertiary alicyclic amines) is 1. The molecule has 0 aliphatic carbocycles. The molecule has 0 radical (unpaired) electrons. The maximum atomic E-state index is 13.1. The summed E-state index contributed by atoms with van der Waals surface area (Å²) >= 11 is 0. The van der Waals surface area contributed by atoms with E-state index in [0.29, 0.717) is 50.0 Å². The van der Waals surface area contributed by atoms with E-state index in [4.69, 9.17) is 4.74 Å². The van der Waals surface area contributed by atoms with Crippen LogP contribution in [0.5, 0.6) is 0 Å². The maximum Gasteiger partial charge on any atom is 0.410 e. The van der Waals surface area contributed by atoms with Gasteiger partial charge >= 0.3 is 6.09 Å². The second kappa shape index (κ2) is 13.0. The summed E-state index contributed by atoms with van der Waals surface area (Å²) in [6, 6.07) is 18.0. The topological polar surface area (TPSA) is 96.0 Å². The molecule has 8 nitrogen and oxygen atoms in total. The van der Waals surface area contributed by atoms with E-state index in [0.717, 1.165) is 39.4 Å². The Balaban J connectivity index is 1.49. The Hall–Kier alpha value is -4.46. The van der Waals surface area contributed by atoms with Gasteiger partial charge < -0.3 is 19.9 Å². The molecule has 3 aromatic rings. The number of nitrogens with zero attached hydrogens (tertiary/aromatic N) is 2. The summed E-state index contributed by atoms with van der Waals surface area (Å²) in [5.74, 6) is -0.243. The van der Waals surface area contributed by atoms with E-state index >= 15 is 0 Å². The molecule has 0 saturated carbocycles. The molecule has 1 saturated heterocycles. The fourth-order valence-corrected chi connectivity index (χ4v) is 5.18. The molecule has 0 bridgehead atoms. The predicted octanol–water partition coefficient (Wildman–Crippen LogP) is 6.11. The Morgan fingerprint density at radius 3 is 2.40 bits per heavy atom. The number of fused-ring (bicyclic) bond motifs is 1. The van der Waals surface area contributed by atoms with Gasteiger partial charge in [-0.25, -0.2) is 4.79 Å². The lowest BCUT2D eigenvalue weighted by atomic mass is 9.94. The fourth-order valence-electron chi connectivity index (χ4n) is 5.18. The number of ether oxygens (including phenoxy) is 1. The summed E-state index contributed by atoms with van der Waals surface area (Å²) in [5.41, 5.74) is 4.47. The van der Waals surface area contributed by atoms with Crippen LogP contribution in [-0.4, -0.2) is 59.7 Å². The highest BCUT2D eigenvalue weighted by molar-refractivity contribution is 5.94. The van der Waals surface area contributed by atoms with Crippen LogP contribution in [0.25, 0.3) is 21.9 Å². The lowest BCUT2D eigenvalue weighted by Crippen LogP contribution is -2.43. The molecule has 0 unspecified atom stereocenters. The summed E-state index contributed by atoms with van der Waals surface area (Å²) in [4.78, 5) is 51.5. The highest BCUT2D eigenvalue weighted by atomic mass is 16.6. The normalized spacial score (nSPS) is 13.9. The number of benzene rings is 3. The van der Waals surface area contributed by atoms with Gasteiger partial charge in [0.1, 0.15) is 11.9 Å². The minimum absolute atomic E-state index is 0.0572. The van der Waals surface area contributed by atoms with E-state index in [2.05, 4.69) is 24.0 Å². The third kappa shape index (κ3) is 7.63. The molecule has 220 valence electrons. The zero-order valence-corrected chi connectivity index (χ0v) is 24.8. The molecule has 3 amide bonds. The number of hydrogen-bond acceptors (Lipinski definition) is 5. The molecule has 3 aromatic carbocycles. The number of rotatable bonds is 9. The smallest absolute Gasteiger partial charge is 0.410 e. The van der Waals surface area contributed by atoms with Gasteiger partial charge in [0, 0.05) is 43.4 Å². The SMILES string of the molecule is C=C(C=O)CN(C=O)Cc1c(C)ccc2ccc(-c3cccc(NC(=O)C4CCN(C(=O)OC(C)(C)C)CC4)c3)cc12. The van der Waals surface area contributed by atoms with Gasteiger partial charge in [-0.05, 0) is 91.8 Å². The highest BCUT2D eigenvalue weighted by Crippen LogP contribution is 2.31. The molecular formula is C34H39N3O5. The molecule has 8 heteroatoms. The van der Waals surface area contributed by atoms with Gasteiger partial charge in [0.15, 0.2) is 0 Å². The van der Waals surface area contributed by atoms with Crippen LogP contribution in [-0.2, 0) is 25.7 Å². The first kappa shape index (κ1) is 30.5. The third-order valence-corrected chi connectivity index (χ3v) is 7.43. The molecule has 0 aromatic heterocycles. The number of piperidine rings is 1. The lowest BCUT2D eigenvalue weighted by Gasteiger charge is -2.32. The molecule has 42 heavy (non-hydrogen) atoms. The van der Waals surface area contributed by atoms with Crippen LogP contribution in [0.4, 0.5) is 10.5 Å². The van der Waals surface area contributed by atoms with Gasteiger partial charge in [-0.3, -0.25) is 14.4 Å². The van der Waals surface area contributed by atoms with Crippen molar-refractivity contribution in [1.82, 2.24) is 9.80 Å². The average molecular weight is 570 g/mol. The molecule has 1 N–H and O–H groups in total. The first-order valence-electron chi connectivity index (χ1n) is 14.2. The van der Waals surface area contributed by atoms with Crippen LogP contribution < -0.4 is 5.32 Å². The number of amides is 3. The number of nitrogens with one attached hydrogen (secondary N) is 1. The van der Waals surface area contributed by atoms with Gasteiger partial charge in [0.05, 0.1) is 0 Å². The monoisotopic (exact) mass is 569 g/mol. The summed E-state index contributed by atoms with van der Waals surface area (Å²) in [7, 11) is 0. The average Bonchev–Trinajstić information content (AvgIpc) is 2.97. The van der Waals surface area contributed by atoms with Crippen LogP contribution in [0.15, 0.2) is 66.7 Å². The Labute approximate surface area is 247 Å². The van der Waals surface area contributed by atoms with Gasteiger partial charge in [-0.1, -0.05) is 43.0 Å². The Kier molecular flexibility index (Phi) is 9.45. The molecule has 1 heterocycles. The van der Waals surface area contributed by atoms with Gasteiger partial charge in [-0.2, -0.15) is 0 Å². The number of hydrogen-bond donors (Lipinski definition) is 1. The second-order valence-corrected chi connectivity index (χ2v) is 11.9. The van der Waals surface area contributed by atoms with E-state index in [9.17, 15) is 19.2 Å². The van der Waals surface area contributed by atoms with Crippen molar-refractivity contribution in [2.24, 2.45) is 5.92 Å². The Bertz CT molecular complexity index is 1500. The van der Waals surface area contributed by atoms with Crippen molar-refractivity contribution in [3.05, 3.63) is 77.9 Å². The first-order valence-corrected chi connectivity index (χ1v) is 14.2. The fraction of sp³-hybridized carbons (Fsp3) is 0.353. The largest absolute Gasteiger partial charge is 0.444 e. The predicted molar refractivity (Wildman–Crippen MR) is 165 cm³/mol. The van der Waals surface area contributed by atoms with Crippen LogP contribution in [0.2, 0.25) is 0 Å². The van der Waals surface area contributed by atoms with Crippen molar-refractivity contribution in [2.75, 3.05) is 25.0 Å². The molecular weight excluding hydrogens is 530 g/mol. The lowest BCUT2D eigenvalue weighted by molar-refractivity contribution is -0.121. The van der Waals surface area contributed by atoms with E-state index in [-0.39, 0.29) is 24.5 Å². The summed E-state index contributed by atoms with van der Waals surface area (Å²) < 4.78 is 5.46. The van der Waals surface area contributed by atoms with Crippen LogP contribution in [0.1, 0.15) is 44.7 Å². The Morgan fingerprint density at radius 2 is 1.74 bits per heavy atom.